The van der Waals surface area contributed by atoms with Gasteiger partial charge in [0, 0.05) is 17.5 Å². The Kier molecular flexibility index (Phi) is 5.17. The molecule has 0 spiro atoms. The number of nitrogens with zero attached hydrogens (tertiary/aromatic N) is 2. The predicted octanol–water partition coefficient (Wildman–Crippen LogP) is 3.05. The monoisotopic (exact) mass is 341 g/mol. The van der Waals surface area contributed by atoms with Gasteiger partial charge in [0.05, 0.1) is 6.10 Å². The number of aliphatic hydroxyl groups excluding tert-OH is 1. The molecule has 0 saturated carbocycles. The van der Waals surface area contributed by atoms with E-state index in [1.165, 1.54) is 11.8 Å². The van der Waals surface area contributed by atoms with E-state index in [1.54, 1.807) is 6.07 Å². The van der Waals surface area contributed by atoms with E-state index in [0.717, 1.165) is 22.2 Å². The standard InChI is InChI=1S/C18H19N3O2S/c1-12-8-17(19)21-18(20-12)24-11-15(22)10-23-16-7-6-13-4-2-3-5-14(13)9-16/h2-9,15,22H,10-11H2,1H3,(H2,19,20,21)/t15-/m0/s1. The molecular weight excluding hydrogens is 322 g/mol. The van der Waals surface area contributed by atoms with Crippen LogP contribution in [0.4, 0.5) is 5.82 Å². The summed E-state index contributed by atoms with van der Waals surface area (Å²) in [5.74, 6) is 1.62. The number of hydrogen-bond donors (Lipinski definition) is 2. The molecular formula is C18H19N3O2S. The molecule has 1 atom stereocenters. The van der Waals surface area contributed by atoms with Gasteiger partial charge in [0.2, 0.25) is 0 Å². The van der Waals surface area contributed by atoms with Gasteiger partial charge >= 0.3 is 0 Å². The fourth-order valence-corrected chi connectivity index (χ4v) is 3.11. The Labute approximate surface area is 144 Å². The topological polar surface area (TPSA) is 81.3 Å². The van der Waals surface area contributed by atoms with Gasteiger partial charge in [-0.3, -0.25) is 0 Å². The quantitative estimate of drug-likeness (QED) is 0.530. The summed E-state index contributed by atoms with van der Waals surface area (Å²) in [6.07, 6.45) is -0.619. The molecule has 0 aliphatic carbocycles. The minimum atomic E-state index is -0.619. The highest BCUT2D eigenvalue weighted by atomic mass is 32.2. The number of nitrogen functional groups attached to an aromatic ring is 1. The van der Waals surface area contributed by atoms with Crippen molar-refractivity contribution in [3.8, 4) is 5.75 Å². The Bertz CT molecular complexity index is 821. The van der Waals surface area contributed by atoms with Crippen LogP contribution in [0.5, 0.6) is 5.75 Å². The van der Waals surface area contributed by atoms with Crippen molar-refractivity contribution < 1.29 is 9.84 Å². The van der Waals surface area contributed by atoms with E-state index in [-0.39, 0.29) is 6.61 Å². The molecule has 3 rings (SSSR count). The van der Waals surface area contributed by atoms with Crippen LogP contribution >= 0.6 is 11.8 Å². The molecule has 0 saturated heterocycles. The number of benzene rings is 2. The van der Waals surface area contributed by atoms with Gasteiger partial charge in [-0.25, -0.2) is 9.97 Å². The van der Waals surface area contributed by atoms with Crippen LogP contribution in [0.3, 0.4) is 0 Å². The smallest absolute Gasteiger partial charge is 0.189 e. The number of rotatable bonds is 6. The van der Waals surface area contributed by atoms with Gasteiger partial charge in [-0.1, -0.05) is 42.1 Å². The highest BCUT2D eigenvalue weighted by Crippen LogP contribution is 2.21. The van der Waals surface area contributed by atoms with Gasteiger partial charge in [0.15, 0.2) is 5.16 Å². The van der Waals surface area contributed by atoms with E-state index < -0.39 is 6.10 Å². The summed E-state index contributed by atoms with van der Waals surface area (Å²) in [5.41, 5.74) is 6.51. The van der Waals surface area contributed by atoms with Crippen molar-refractivity contribution in [3.63, 3.8) is 0 Å². The molecule has 124 valence electrons. The second-order valence-electron chi connectivity index (χ2n) is 5.50. The Morgan fingerprint density at radius 2 is 1.92 bits per heavy atom. The lowest BCUT2D eigenvalue weighted by Crippen LogP contribution is -2.20. The van der Waals surface area contributed by atoms with E-state index in [2.05, 4.69) is 16.0 Å². The molecule has 6 heteroatoms. The predicted molar refractivity (Wildman–Crippen MR) is 97.4 cm³/mol. The lowest BCUT2D eigenvalue weighted by Gasteiger charge is -2.12. The molecule has 0 amide bonds. The Morgan fingerprint density at radius 1 is 1.12 bits per heavy atom. The summed E-state index contributed by atoms with van der Waals surface area (Å²) in [7, 11) is 0. The van der Waals surface area contributed by atoms with Crippen LogP contribution in [0.25, 0.3) is 10.8 Å². The van der Waals surface area contributed by atoms with Gasteiger partial charge in [-0.2, -0.15) is 0 Å². The first kappa shape index (κ1) is 16.5. The summed E-state index contributed by atoms with van der Waals surface area (Å²) in [5, 5.41) is 12.9. The number of aliphatic hydroxyl groups is 1. The molecule has 0 unspecified atom stereocenters. The van der Waals surface area contributed by atoms with Crippen LogP contribution in [0.15, 0.2) is 53.7 Å². The zero-order valence-electron chi connectivity index (χ0n) is 13.3. The second kappa shape index (κ2) is 7.51. The lowest BCUT2D eigenvalue weighted by atomic mass is 10.1. The Morgan fingerprint density at radius 3 is 2.71 bits per heavy atom. The maximum atomic E-state index is 10.1. The molecule has 2 aromatic carbocycles. The third-order valence-electron chi connectivity index (χ3n) is 3.42. The number of thioether (sulfide) groups is 1. The maximum Gasteiger partial charge on any atom is 0.189 e. The van der Waals surface area contributed by atoms with Crippen molar-refractivity contribution >= 4 is 28.4 Å². The molecule has 24 heavy (non-hydrogen) atoms. The zero-order chi connectivity index (χ0) is 16.9. The summed E-state index contributed by atoms with van der Waals surface area (Å²) >= 11 is 1.36. The maximum absolute atomic E-state index is 10.1. The summed E-state index contributed by atoms with van der Waals surface area (Å²) < 4.78 is 5.68. The number of ether oxygens (including phenoxy) is 1. The first-order chi connectivity index (χ1) is 11.6. The molecule has 3 aromatic rings. The van der Waals surface area contributed by atoms with E-state index in [9.17, 15) is 5.11 Å². The highest BCUT2D eigenvalue weighted by molar-refractivity contribution is 7.99. The van der Waals surface area contributed by atoms with Crippen molar-refractivity contribution in [1.29, 1.82) is 0 Å². The molecule has 0 aliphatic rings. The minimum Gasteiger partial charge on any atom is -0.491 e. The van der Waals surface area contributed by atoms with E-state index in [4.69, 9.17) is 10.5 Å². The fraction of sp³-hybridized carbons (Fsp3) is 0.222. The first-order valence-electron chi connectivity index (χ1n) is 7.64. The third-order valence-corrected chi connectivity index (χ3v) is 4.41. The van der Waals surface area contributed by atoms with Crippen LogP contribution in [0.2, 0.25) is 0 Å². The number of fused-ring (bicyclic) bond motifs is 1. The van der Waals surface area contributed by atoms with Gasteiger partial charge < -0.3 is 15.6 Å². The van der Waals surface area contributed by atoms with Crippen LogP contribution < -0.4 is 10.5 Å². The largest absolute Gasteiger partial charge is 0.491 e. The van der Waals surface area contributed by atoms with Crippen LogP contribution in [-0.4, -0.2) is 33.5 Å². The third kappa shape index (κ3) is 4.37. The Hall–Kier alpha value is -2.31. The molecule has 0 aliphatic heterocycles. The normalized spacial score (nSPS) is 12.2. The summed E-state index contributed by atoms with van der Waals surface area (Å²) in [6, 6.07) is 15.7. The van der Waals surface area contributed by atoms with Crippen molar-refractivity contribution in [2.24, 2.45) is 0 Å². The van der Waals surface area contributed by atoms with Crippen LogP contribution in [-0.2, 0) is 0 Å². The average Bonchev–Trinajstić information content (AvgIpc) is 2.57. The average molecular weight is 341 g/mol. The molecule has 1 heterocycles. The van der Waals surface area contributed by atoms with Crippen molar-refractivity contribution in [1.82, 2.24) is 9.97 Å². The van der Waals surface area contributed by atoms with E-state index in [1.807, 2.05) is 43.3 Å². The minimum absolute atomic E-state index is 0.215. The summed E-state index contributed by atoms with van der Waals surface area (Å²) in [4.78, 5) is 8.41. The molecule has 0 bridgehead atoms. The van der Waals surface area contributed by atoms with Crippen molar-refractivity contribution in [3.05, 3.63) is 54.2 Å². The Balaban J connectivity index is 1.53. The zero-order valence-corrected chi connectivity index (χ0v) is 14.2. The molecule has 3 N–H and O–H groups in total. The van der Waals surface area contributed by atoms with Crippen molar-refractivity contribution in [2.45, 2.75) is 18.2 Å². The van der Waals surface area contributed by atoms with Crippen LogP contribution in [0.1, 0.15) is 5.69 Å². The summed E-state index contributed by atoms with van der Waals surface area (Å²) in [6.45, 7) is 2.08. The number of aryl methyl sites for hydroxylation is 1. The SMILES string of the molecule is Cc1cc(N)nc(SC[C@@H](O)COc2ccc3ccccc3c2)n1. The number of aromatic nitrogens is 2. The van der Waals surface area contributed by atoms with Gasteiger partial charge in [-0.15, -0.1) is 0 Å². The van der Waals surface area contributed by atoms with Crippen LogP contribution in [0, 0.1) is 6.92 Å². The molecule has 1 aromatic heterocycles. The number of hydrogen-bond acceptors (Lipinski definition) is 6. The van der Waals surface area contributed by atoms with Crippen molar-refractivity contribution in [2.75, 3.05) is 18.1 Å². The number of nitrogens with two attached hydrogens (primary N) is 1. The van der Waals surface area contributed by atoms with E-state index in [0.29, 0.717) is 16.7 Å². The molecule has 0 fully saturated rings. The number of anilines is 1. The van der Waals surface area contributed by atoms with Gasteiger partial charge in [-0.05, 0) is 29.8 Å². The lowest BCUT2D eigenvalue weighted by molar-refractivity contribution is 0.126. The fourth-order valence-electron chi connectivity index (χ4n) is 2.30. The van der Waals surface area contributed by atoms with Gasteiger partial charge in [0.1, 0.15) is 18.2 Å². The second-order valence-corrected chi connectivity index (χ2v) is 6.49. The first-order valence-corrected chi connectivity index (χ1v) is 8.62. The van der Waals surface area contributed by atoms with Gasteiger partial charge in [0.25, 0.3) is 0 Å². The molecule has 0 radical (unpaired) electrons. The highest BCUT2D eigenvalue weighted by Gasteiger charge is 2.09. The molecule has 5 nitrogen and oxygen atoms in total. The van der Waals surface area contributed by atoms with E-state index >= 15 is 0 Å².